The molecule has 4 aromatic heterocycles. The summed E-state index contributed by atoms with van der Waals surface area (Å²) in [6.07, 6.45) is 11.7. The predicted molar refractivity (Wildman–Crippen MR) is 294 cm³/mol. The van der Waals surface area contributed by atoms with E-state index in [2.05, 4.69) is 67.6 Å². The quantitative estimate of drug-likeness (QED) is 0.0727. The van der Waals surface area contributed by atoms with Gasteiger partial charge in [-0.25, -0.2) is 14.9 Å². The number of carbonyl (C=O) groups excluding carboxylic acids is 5. The van der Waals surface area contributed by atoms with Crippen molar-refractivity contribution in [3.8, 4) is 11.3 Å². The Bertz CT molecular complexity index is 3510. The largest absolute Gasteiger partial charge is 0.392 e. The van der Waals surface area contributed by atoms with Gasteiger partial charge in [-0.15, -0.1) is 0 Å². The van der Waals surface area contributed by atoms with Gasteiger partial charge in [-0.3, -0.25) is 48.9 Å². The molecule has 8 heterocycles. The zero-order chi connectivity index (χ0) is 54.0. The van der Waals surface area contributed by atoms with Crippen LogP contribution in [0.2, 0.25) is 0 Å². The molecule has 6 aromatic rings. The number of piperidine rings is 1. The molecule has 1 unspecified atom stereocenters. The van der Waals surface area contributed by atoms with Crippen molar-refractivity contribution in [1.82, 2.24) is 34.3 Å². The van der Waals surface area contributed by atoms with E-state index in [1.54, 1.807) is 60.9 Å². The molecule has 19 nitrogen and oxygen atoms in total. The molecule has 5 amide bonds. The van der Waals surface area contributed by atoms with Crippen molar-refractivity contribution in [2.75, 3.05) is 57.6 Å². The standard InChI is InChI=1S/C58H62N12O7/c1-34-23-42(13-16-59-34)70-54(74)44-10-9-41(27-45(44)55(70)75)66-18-15-40(24-35(66)2)65-19-20-67(36(3)30-65)48-11-8-39(25-37(48)7-12-51(73)61-33-72)62-52-57(77)64(6)31-47(63-52)43-14-17-60-53(46(43)32-71)69-22-21-68-49(56(69)76)26-38-28-58(4,5)29-50(38)68/h7-14,16-17,23,25-27,31,33,35-36,40,71H,15,18-22,24,28-30,32H2,1-6H3,(H,62,63)(H,61,72,73)/t35-,36-,40?/m0/s1. The van der Waals surface area contributed by atoms with Gasteiger partial charge in [0.05, 0.1) is 29.1 Å². The molecule has 5 aliphatic rings. The maximum Gasteiger partial charge on any atom is 0.293 e. The number of pyridine rings is 2. The lowest BCUT2D eigenvalue weighted by Gasteiger charge is -2.48. The maximum atomic E-state index is 14.1. The molecule has 2 fully saturated rings. The number of benzene rings is 2. The van der Waals surface area contributed by atoms with Gasteiger partial charge in [0, 0.05) is 134 Å². The Balaban J connectivity index is 0.794. The first-order chi connectivity index (χ1) is 37.0. The van der Waals surface area contributed by atoms with Crippen molar-refractivity contribution in [2.24, 2.45) is 12.5 Å². The predicted octanol–water partition coefficient (Wildman–Crippen LogP) is 6.02. The van der Waals surface area contributed by atoms with Crippen LogP contribution in [0.3, 0.4) is 0 Å². The minimum atomic E-state index is -0.586. The lowest BCUT2D eigenvalue weighted by atomic mass is 9.90. The third-order valence-electron chi connectivity index (χ3n) is 16.0. The number of hydrogen-bond donors (Lipinski definition) is 3. The molecule has 0 saturated carbocycles. The van der Waals surface area contributed by atoms with Gasteiger partial charge in [-0.05, 0) is 124 Å². The van der Waals surface area contributed by atoms with Gasteiger partial charge in [0.1, 0.15) is 11.5 Å². The third kappa shape index (κ3) is 9.36. The molecule has 0 spiro atoms. The number of aromatic nitrogens is 5. The minimum Gasteiger partial charge on any atom is -0.392 e. The molecular formula is C58H62N12O7. The fourth-order valence-corrected chi connectivity index (χ4v) is 12.3. The Labute approximate surface area is 445 Å². The van der Waals surface area contributed by atoms with Crippen molar-refractivity contribution in [1.29, 1.82) is 0 Å². The zero-order valence-electron chi connectivity index (χ0n) is 44.1. The number of imide groups is 2. The molecule has 2 aromatic carbocycles. The highest BCUT2D eigenvalue weighted by Gasteiger charge is 2.40. The van der Waals surface area contributed by atoms with Crippen LogP contribution in [0.1, 0.15) is 99.8 Å². The average Bonchev–Trinajstić information content (AvgIpc) is 4.20. The van der Waals surface area contributed by atoms with Gasteiger partial charge < -0.3 is 29.4 Å². The number of carbonyl (C=O) groups is 5. The van der Waals surface area contributed by atoms with E-state index in [0.717, 1.165) is 62.4 Å². The molecule has 3 N–H and O–H groups in total. The number of aliphatic hydroxyl groups is 1. The summed E-state index contributed by atoms with van der Waals surface area (Å²) in [6, 6.07) is 18.9. The van der Waals surface area contributed by atoms with Gasteiger partial charge in [0.2, 0.25) is 12.3 Å². The van der Waals surface area contributed by atoms with Crippen LogP contribution in [0.15, 0.2) is 90.1 Å². The van der Waals surface area contributed by atoms with Gasteiger partial charge in [-0.2, -0.15) is 0 Å². The highest BCUT2D eigenvalue weighted by molar-refractivity contribution is 6.34. The second-order valence-corrected chi connectivity index (χ2v) is 21.8. The van der Waals surface area contributed by atoms with Crippen molar-refractivity contribution in [3.05, 3.63) is 141 Å². The van der Waals surface area contributed by atoms with Crippen LogP contribution in [0, 0.1) is 12.3 Å². The van der Waals surface area contributed by atoms with E-state index in [1.165, 1.54) is 26.8 Å². The van der Waals surface area contributed by atoms with Crippen LogP contribution in [-0.2, 0) is 42.6 Å². The van der Waals surface area contributed by atoms with E-state index in [-0.39, 0.29) is 41.0 Å². The lowest BCUT2D eigenvalue weighted by molar-refractivity contribution is -0.121. The monoisotopic (exact) mass is 1040 g/mol. The van der Waals surface area contributed by atoms with E-state index < -0.39 is 18.1 Å². The van der Waals surface area contributed by atoms with Gasteiger partial charge in [0.15, 0.2) is 5.82 Å². The van der Waals surface area contributed by atoms with Crippen molar-refractivity contribution in [3.63, 3.8) is 0 Å². The summed E-state index contributed by atoms with van der Waals surface area (Å²) in [7, 11) is 1.62. The van der Waals surface area contributed by atoms with Crippen LogP contribution >= 0.6 is 0 Å². The fourth-order valence-electron chi connectivity index (χ4n) is 12.3. The second kappa shape index (κ2) is 20.0. The van der Waals surface area contributed by atoms with E-state index in [4.69, 9.17) is 4.98 Å². The van der Waals surface area contributed by atoms with Gasteiger partial charge in [-0.1, -0.05) is 13.8 Å². The first-order valence-electron chi connectivity index (χ1n) is 26.3. The number of aryl methyl sites for hydroxylation is 2. The summed E-state index contributed by atoms with van der Waals surface area (Å²) in [4.78, 5) is 102. The molecule has 3 atom stereocenters. The zero-order valence-corrected chi connectivity index (χ0v) is 44.1. The summed E-state index contributed by atoms with van der Waals surface area (Å²) in [6.45, 7) is 14.3. The van der Waals surface area contributed by atoms with Crippen molar-refractivity contribution < 1.29 is 29.1 Å². The third-order valence-corrected chi connectivity index (χ3v) is 16.0. The Morgan fingerprint density at radius 2 is 1.64 bits per heavy atom. The maximum absolute atomic E-state index is 14.1. The Morgan fingerprint density at radius 3 is 2.40 bits per heavy atom. The second-order valence-electron chi connectivity index (χ2n) is 21.8. The van der Waals surface area contributed by atoms with Crippen LogP contribution in [0.5, 0.6) is 0 Å². The Kier molecular flexibility index (Phi) is 13.2. The highest BCUT2D eigenvalue weighted by Crippen LogP contribution is 2.41. The molecule has 4 aliphatic heterocycles. The van der Waals surface area contributed by atoms with E-state index in [0.29, 0.717) is 88.5 Å². The van der Waals surface area contributed by atoms with E-state index in [9.17, 15) is 33.9 Å². The van der Waals surface area contributed by atoms with Gasteiger partial charge >= 0.3 is 0 Å². The number of amides is 5. The van der Waals surface area contributed by atoms with E-state index >= 15 is 0 Å². The molecule has 0 radical (unpaired) electrons. The van der Waals surface area contributed by atoms with E-state index in [1.807, 2.05) is 43.3 Å². The first-order valence-corrected chi connectivity index (χ1v) is 26.3. The molecular weight excluding hydrogens is 977 g/mol. The number of piperazine rings is 1. The number of nitrogens with one attached hydrogen (secondary N) is 2. The Morgan fingerprint density at radius 1 is 0.831 bits per heavy atom. The van der Waals surface area contributed by atoms with Crippen LogP contribution in [0.25, 0.3) is 17.3 Å². The lowest BCUT2D eigenvalue weighted by Crippen LogP contribution is -2.58. The first kappa shape index (κ1) is 50.8. The van der Waals surface area contributed by atoms with Crippen molar-refractivity contribution in [2.45, 2.75) is 91.6 Å². The number of aliphatic hydroxyl groups excluding tert-OH is 1. The number of nitrogens with zero attached hydrogens (tertiary/aromatic N) is 10. The molecule has 396 valence electrons. The summed E-state index contributed by atoms with van der Waals surface area (Å²) in [5.74, 6) is -1.08. The van der Waals surface area contributed by atoms with Crippen LogP contribution in [0.4, 0.5) is 34.4 Å². The summed E-state index contributed by atoms with van der Waals surface area (Å²) < 4.78 is 3.54. The van der Waals surface area contributed by atoms with Crippen LogP contribution in [-0.4, -0.2) is 115 Å². The van der Waals surface area contributed by atoms with Gasteiger partial charge in [0.25, 0.3) is 23.3 Å². The smallest absolute Gasteiger partial charge is 0.293 e. The number of rotatable bonds is 12. The molecule has 2 saturated heterocycles. The summed E-state index contributed by atoms with van der Waals surface area (Å²) in [5, 5.41) is 16.3. The SMILES string of the molecule is Cc1cc(N2C(=O)c3ccc(N4CCC(N5CCN(c6ccc(Nc7nc(-c8ccnc(N9CCn%10c(cc%11c%10CC(C)(C)C%11)C9=O)c8CO)cn(C)c7=O)cc6C=CC(=O)NC=O)[C@@H](C)C5)C[C@@H]4C)cc3C2=O)ccn1. The number of fused-ring (bicyclic) bond motifs is 4. The molecule has 19 heteroatoms. The number of anilines is 6. The molecule has 77 heavy (non-hydrogen) atoms. The van der Waals surface area contributed by atoms with Crippen LogP contribution < -0.4 is 35.8 Å². The van der Waals surface area contributed by atoms with Crippen molar-refractivity contribution >= 4 is 70.5 Å². The molecule has 11 rings (SSSR count). The molecule has 0 bridgehead atoms. The summed E-state index contributed by atoms with van der Waals surface area (Å²) >= 11 is 0. The normalized spacial score (nSPS) is 20.2. The molecule has 1 aliphatic carbocycles. The topological polar surface area (TPSA) is 211 Å². The fraction of sp³-hybridized carbons (Fsp3) is 0.362. The summed E-state index contributed by atoms with van der Waals surface area (Å²) in [5.41, 5.74) is 9.08. The minimum absolute atomic E-state index is 0.0164. The highest BCUT2D eigenvalue weighted by atomic mass is 16.3. The Hall–Kier alpha value is -8.29. The number of hydrogen-bond acceptors (Lipinski definition) is 14. The average molecular weight is 1040 g/mol.